The number of carbonyl (C=O) groups excluding carboxylic acids is 1. The van der Waals surface area contributed by atoms with Crippen molar-refractivity contribution in [3.8, 4) is 0 Å². The Morgan fingerprint density at radius 3 is 2.92 bits per heavy atom. The Labute approximate surface area is 135 Å². The molecule has 1 aliphatic rings. The van der Waals surface area contributed by atoms with Crippen LogP contribution < -0.4 is 10.9 Å². The van der Waals surface area contributed by atoms with Gasteiger partial charge in [0.05, 0.1) is 12.7 Å². The van der Waals surface area contributed by atoms with Crippen LogP contribution in [0.3, 0.4) is 0 Å². The maximum absolute atomic E-state index is 12.1. The van der Waals surface area contributed by atoms with Crippen LogP contribution in [-0.2, 0) is 9.53 Å². The van der Waals surface area contributed by atoms with E-state index in [9.17, 15) is 14.7 Å². The number of carbonyl (C=O) groups is 1. The van der Waals surface area contributed by atoms with E-state index in [0.717, 1.165) is 0 Å². The summed E-state index contributed by atoms with van der Waals surface area (Å²) in [4.78, 5) is 30.4. The van der Waals surface area contributed by atoms with Crippen molar-refractivity contribution in [2.75, 3.05) is 11.9 Å². The summed E-state index contributed by atoms with van der Waals surface area (Å²) in [5.74, 6) is -0.607. The van der Waals surface area contributed by atoms with Crippen molar-refractivity contribution in [3.63, 3.8) is 0 Å². The second-order valence-corrected chi connectivity index (χ2v) is 5.88. The van der Waals surface area contributed by atoms with Crippen LogP contribution in [0.5, 0.6) is 0 Å². The van der Waals surface area contributed by atoms with Crippen molar-refractivity contribution < 1.29 is 19.7 Å². The highest BCUT2D eigenvalue weighted by Crippen LogP contribution is 2.29. The highest BCUT2D eigenvalue weighted by Gasteiger charge is 2.36. The Hall–Kier alpha value is -2.37. The molecular weight excluding hydrogens is 320 g/mol. The van der Waals surface area contributed by atoms with Gasteiger partial charge in [-0.15, -0.1) is 5.10 Å². The third-order valence-electron chi connectivity index (χ3n) is 3.76. The third kappa shape index (κ3) is 2.88. The number of hydrogen-bond acceptors (Lipinski definition) is 8. The maximum atomic E-state index is 12.1. The Balaban J connectivity index is 1.97. The normalized spacial score (nSPS) is 24.0. The molecule has 0 saturated carbocycles. The van der Waals surface area contributed by atoms with Gasteiger partial charge in [-0.2, -0.15) is 9.67 Å². The summed E-state index contributed by atoms with van der Waals surface area (Å²) >= 11 is 0. The molecular formula is C13H18N6O5. The molecule has 1 fully saturated rings. The summed E-state index contributed by atoms with van der Waals surface area (Å²) in [5.41, 5.74) is -0.445. The lowest BCUT2D eigenvalue weighted by Crippen LogP contribution is -2.24. The number of nitrogens with zero attached hydrogens (tertiary/aromatic N) is 4. The minimum atomic E-state index is -0.860. The fraction of sp³-hybridized carbons (Fsp3) is 0.615. The van der Waals surface area contributed by atoms with Crippen molar-refractivity contribution in [1.29, 1.82) is 0 Å². The maximum Gasteiger partial charge on any atom is 0.282 e. The van der Waals surface area contributed by atoms with Crippen LogP contribution in [-0.4, -0.2) is 59.9 Å². The van der Waals surface area contributed by atoms with Gasteiger partial charge in [-0.25, -0.2) is 0 Å². The van der Waals surface area contributed by atoms with E-state index in [2.05, 4.69) is 25.6 Å². The predicted octanol–water partition coefficient (Wildman–Crippen LogP) is -1.25. The van der Waals surface area contributed by atoms with Crippen LogP contribution in [0.4, 0.5) is 5.95 Å². The zero-order valence-electron chi connectivity index (χ0n) is 13.1. The fourth-order valence-corrected chi connectivity index (χ4v) is 2.38. The van der Waals surface area contributed by atoms with Gasteiger partial charge in [0.15, 0.2) is 17.4 Å². The van der Waals surface area contributed by atoms with E-state index in [-0.39, 0.29) is 42.0 Å². The van der Waals surface area contributed by atoms with E-state index in [1.165, 1.54) is 4.68 Å². The molecule has 0 radical (unpaired) electrons. The monoisotopic (exact) mass is 338 g/mol. The lowest BCUT2D eigenvalue weighted by molar-refractivity contribution is -0.118. The zero-order valence-corrected chi connectivity index (χ0v) is 13.1. The minimum absolute atomic E-state index is 0.0110. The zero-order chi connectivity index (χ0) is 17.4. The van der Waals surface area contributed by atoms with E-state index in [0.29, 0.717) is 0 Å². The second kappa shape index (κ2) is 6.26. The molecule has 1 aliphatic heterocycles. The first kappa shape index (κ1) is 16.5. The first-order chi connectivity index (χ1) is 11.4. The number of aliphatic hydroxyl groups is 2. The molecule has 11 nitrogen and oxygen atoms in total. The van der Waals surface area contributed by atoms with Gasteiger partial charge in [0.2, 0.25) is 11.9 Å². The standard InChI is InChI=1S/C13H18N6O5/c1-5(2)11(22)15-13-14-10-9(12(23)16-13)17-18-19(10)8-3-6(21)7(4-20)24-8/h5-8,20-21H,3-4H2,1-2H3,(H2,14,15,16,22,23)/t6-,7+,8+/m0/s1. The number of ether oxygens (including phenoxy) is 1. The molecule has 4 N–H and O–H groups in total. The van der Waals surface area contributed by atoms with Crippen molar-refractivity contribution in [2.45, 2.75) is 38.7 Å². The largest absolute Gasteiger partial charge is 0.394 e. The van der Waals surface area contributed by atoms with Gasteiger partial charge in [-0.1, -0.05) is 19.1 Å². The van der Waals surface area contributed by atoms with Gasteiger partial charge < -0.3 is 14.9 Å². The first-order valence-electron chi connectivity index (χ1n) is 7.51. The highest BCUT2D eigenvalue weighted by molar-refractivity contribution is 5.90. The average Bonchev–Trinajstić information content (AvgIpc) is 3.10. The van der Waals surface area contributed by atoms with Crippen LogP contribution >= 0.6 is 0 Å². The molecule has 0 aliphatic carbocycles. The molecule has 1 saturated heterocycles. The number of H-pyrrole nitrogens is 1. The Kier molecular flexibility index (Phi) is 4.30. The van der Waals surface area contributed by atoms with E-state index < -0.39 is 24.0 Å². The van der Waals surface area contributed by atoms with Crippen LogP contribution in [0.15, 0.2) is 4.79 Å². The molecule has 3 heterocycles. The number of anilines is 1. The number of nitrogens with one attached hydrogen (secondary N) is 2. The molecule has 0 aromatic carbocycles. The number of rotatable bonds is 4. The number of aliphatic hydroxyl groups excluding tert-OH is 2. The molecule has 0 unspecified atom stereocenters. The van der Waals surface area contributed by atoms with E-state index in [1.54, 1.807) is 13.8 Å². The summed E-state index contributed by atoms with van der Waals surface area (Å²) in [6, 6.07) is 0. The SMILES string of the molecule is CC(C)C(=O)Nc1nc2c(nnn2[C@H]2C[C@H](O)[C@@H](CO)O2)c(=O)[nH]1. The molecule has 1 amide bonds. The molecule has 3 atom stereocenters. The first-order valence-corrected chi connectivity index (χ1v) is 7.51. The topological polar surface area (TPSA) is 155 Å². The Bertz CT molecular complexity index is 815. The molecule has 2 aromatic rings. The second-order valence-electron chi connectivity index (χ2n) is 5.88. The van der Waals surface area contributed by atoms with E-state index in [4.69, 9.17) is 9.84 Å². The summed E-state index contributed by atoms with van der Waals surface area (Å²) in [6.45, 7) is 3.08. The van der Waals surface area contributed by atoms with Gasteiger partial charge in [0.25, 0.3) is 5.56 Å². The Morgan fingerprint density at radius 2 is 2.29 bits per heavy atom. The van der Waals surface area contributed by atoms with Crippen LogP contribution in [0.25, 0.3) is 11.2 Å². The van der Waals surface area contributed by atoms with Gasteiger partial charge >= 0.3 is 0 Å². The highest BCUT2D eigenvalue weighted by atomic mass is 16.5. The van der Waals surface area contributed by atoms with Crippen LogP contribution in [0.1, 0.15) is 26.5 Å². The van der Waals surface area contributed by atoms with Crippen LogP contribution in [0.2, 0.25) is 0 Å². The molecule has 0 bridgehead atoms. The number of aromatic amines is 1. The summed E-state index contributed by atoms with van der Waals surface area (Å²) in [5, 5.41) is 29.1. The molecule has 2 aromatic heterocycles. The third-order valence-corrected chi connectivity index (χ3v) is 3.76. The number of aromatic nitrogens is 5. The van der Waals surface area contributed by atoms with Gasteiger partial charge in [-0.05, 0) is 0 Å². The summed E-state index contributed by atoms with van der Waals surface area (Å²) in [7, 11) is 0. The van der Waals surface area contributed by atoms with Crippen molar-refractivity contribution >= 4 is 23.0 Å². The quantitative estimate of drug-likeness (QED) is 0.539. The Morgan fingerprint density at radius 1 is 1.54 bits per heavy atom. The van der Waals surface area contributed by atoms with Crippen molar-refractivity contribution in [3.05, 3.63) is 10.4 Å². The smallest absolute Gasteiger partial charge is 0.282 e. The summed E-state index contributed by atoms with van der Waals surface area (Å²) < 4.78 is 6.75. The molecule has 24 heavy (non-hydrogen) atoms. The van der Waals surface area contributed by atoms with Gasteiger partial charge in [0, 0.05) is 12.3 Å². The lowest BCUT2D eigenvalue weighted by atomic mass is 10.2. The van der Waals surface area contributed by atoms with Gasteiger partial charge in [0.1, 0.15) is 6.10 Å². The molecule has 130 valence electrons. The molecule has 11 heteroatoms. The van der Waals surface area contributed by atoms with Gasteiger partial charge in [-0.3, -0.25) is 19.9 Å². The molecule has 0 spiro atoms. The fourth-order valence-electron chi connectivity index (χ4n) is 2.38. The number of fused-ring (bicyclic) bond motifs is 1. The summed E-state index contributed by atoms with van der Waals surface area (Å²) in [6.07, 6.45) is -2.14. The van der Waals surface area contributed by atoms with E-state index in [1.807, 2.05) is 0 Å². The molecule has 3 rings (SSSR count). The lowest BCUT2D eigenvalue weighted by Gasteiger charge is -2.12. The van der Waals surface area contributed by atoms with Crippen LogP contribution in [0, 0.1) is 5.92 Å². The number of amides is 1. The van der Waals surface area contributed by atoms with E-state index >= 15 is 0 Å². The van der Waals surface area contributed by atoms with Crippen molar-refractivity contribution in [1.82, 2.24) is 25.0 Å². The van der Waals surface area contributed by atoms with Crippen molar-refractivity contribution in [2.24, 2.45) is 5.92 Å². The average molecular weight is 338 g/mol. The number of hydrogen-bond donors (Lipinski definition) is 4. The minimum Gasteiger partial charge on any atom is -0.394 e. The predicted molar refractivity (Wildman–Crippen MR) is 81.0 cm³/mol.